The van der Waals surface area contributed by atoms with E-state index < -0.39 is 0 Å². The minimum absolute atomic E-state index is 0.102. The van der Waals surface area contributed by atoms with E-state index in [1.807, 2.05) is 42.8 Å². The second-order valence-electron chi connectivity index (χ2n) is 9.74. The van der Waals surface area contributed by atoms with Gasteiger partial charge in [-0.2, -0.15) is 0 Å². The Bertz CT molecular complexity index is 1090. The lowest BCUT2D eigenvalue weighted by Gasteiger charge is -2.56. The zero-order chi connectivity index (χ0) is 22.3. The number of carbonyl (C=O) groups excluding carboxylic acids is 1. The van der Waals surface area contributed by atoms with Crippen molar-refractivity contribution in [3.63, 3.8) is 0 Å². The van der Waals surface area contributed by atoms with E-state index in [4.69, 9.17) is 11.6 Å². The fourth-order valence-electron chi connectivity index (χ4n) is 6.96. The van der Waals surface area contributed by atoms with E-state index in [2.05, 4.69) is 15.3 Å². The quantitative estimate of drug-likeness (QED) is 0.484. The standard InChI is InChI=1S/C24H25ClN4O.C2H6/c25-18-3-1-4-20-22(18)19(14-29(20)23-26-5-2-6-27-23)28-21(30)13-24-10-15-7-16(11-24)9-17(8-15)12-24;1-2/h1-6,14-17H,7-13H2,(H,28,30);1-2H3. The molecule has 168 valence electrons. The number of carbonyl (C=O) groups is 1. The van der Waals surface area contributed by atoms with E-state index in [-0.39, 0.29) is 11.3 Å². The molecule has 1 amide bonds. The third-order valence-electron chi connectivity index (χ3n) is 7.52. The molecule has 4 aliphatic rings. The summed E-state index contributed by atoms with van der Waals surface area (Å²) in [6.07, 6.45) is 13.8. The van der Waals surface area contributed by atoms with Crippen LogP contribution in [0.3, 0.4) is 0 Å². The molecule has 32 heavy (non-hydrogen) atoms. The summed E-state index contributed by atoms with van der Waals surface area (Å²) in [6.45, 7) is 4.00. The molecule has 0 saturated heterocycles. The van der Waals surface area contributed by atoms with Gasteiger partial charge in [-0.25, -0.2) is 9.97 Å². The summed E-state index contributed by atoms with van der Waals surface area (Å²) < 4.78 is 1.89. The maximum Gasteiger partial charge on any atom is 0.234 e. The summed E-state index contributed by atoms with van der Waals surface area (Å²) in [4.78, 5) is 21.9. The highest BCUT2D eigenvalue weighted by Crippen LogP contribution is 2.61. The molecule has 2 heterocycles. The van der Waals surface area contributed by atoms with E-state index in [1.165, 1.54) is 38.5 Å². The van der Waals surface area contributed by atoms with Crippen molar-refractivity contribution in [3.8, 4) is 5.95 Å². The summed E-state index contributed by atoms with van der Waals surface area (Å²) in [6, 6.07) is 7.53. The average Bonchev–Trinajstić information content (AvgIpc) is 3.14. The van der Waals surface area contributed by atoms with Crippen LogP contribution in [0.15, 0.2) is 42.9 Å². The van der Waals surface area contributed by atoms with Crippen LogP contribution in [-0.2, 0) is 4.79 Å². The van der Waals surface area contributed by atoms with Crippen LogP contribution < -0.4 is 5.32 Å². The molecule has 0 atom stereocenters. The van der Waals surface area contributed by atoms with Crippen molar-refractivity contribution >= 4 is 34.1 Å². The molecule has 7 rings (SSSR count). The zero-order valence-corrected chi connectivity index (χ0v) is 19.6. The van der Waals surface area contributed by atoms with Gasteiger partial charge in [0, 0.05) is 30.4 Å². The van der Waals surface area contributed by atoms with Gasteiger partial charge in [-0.1, -0.05) is 31.5 Å². The molecule has 2 aromatic heterocycles. The van der Waals surface area contributed by atoms with Crippen molar-refractivity contribution in [2.75, 3.05) is 5.32 Å². The van der Waals surface area contributed by atoms with Crippen LogP contribution in [0.5, 0.6) is 0 Å². The number of fused-ring (bicyclic) bond motifs is 1. The molecule has 5 nitrogen and oxygen atoms in total. The Labute approximate surface area is 194 Å². The number of benzene rings is 1. The molecule has 4 aliphatic carbocycles. The van der Waals surface area contributed by atoms with E-state index >= 15 is 0 Å². The van der Waals surface area contributed by atoms with Crippen LogP contribution in [0.2, 0.25) is 5.02 Å². The third kappa shape index (κ3) is 3.81. The van der Waals surface area contributed by atoms with Gasteiger partial charge in [0.25, 0.3) is 0 Å². The third-order valence-corrected chi connectivity index (χ3v) is 7.84. The van der Waals surface area contributed by atoms with E-state index in [0.717, 1.165) is 34.3 Å². The van der Waals surface area contributed by atoms with Crippen molar-refractivity contribution in [2.45, 2.75) is 58.8 Å². The van der Waals surface area contributed by atoms with Gasteiger partial charge < -0.3 is 5.32 Å². The summed E-state index contributed by atoms with van der Waals surface area (Å²) >= 11 is 6.54. The topological polar surface area (TPSA) is 59.8 Å². The number of anilines is 1. The molecule has 4 fully saturated rings. The lowest BCUT2D eigenvalue weighted by atomic mass is 9.49. The molecule has 4 saturated carbocycles. The first-order chi connectivity index (χ1) is 15.6. The number of hydrogen-bond acceptors (Lipinski definition) is 3. The summed E-state index contributed by atoms with van der Waals surface area (Å²) in [5, 5.41) is 4.65. The summed E-state index contributed by atoms with van der Waals surface area (Å²) in [5.41, 5.74) is 1.83. The maximum absolute atomic E-state index is 13.2. The highest BCUT2D eigenvalue weighted by molar-refractivity contribution is 6.36. The van der Waals surface area contributed by atoms with Gasteiger partial charge in [0.1, 0.15) is 0 Å². The van der Waals surface area contributed by atoms with Crippen molar-refractivity contribution in [1.82, 2.24) is 14.5 Å². The normalized spacial score (nSPS) is 27.8. The molecule has 1 N–H and O–H groups in total. The van der Waals surface area contributed by atoms with Gasteiger partial charge in [-0.15, -0.1) is 0 Å². The van der Waals surface area contributed by atoms with Crippen LogP contribution in [0.4, 0.5) is 5.69 Å². The number of aromatic nitrogens is 3. The molecular weight excluding hydrogens is 420 g/mol. The first-order valence-electron chi connectivity index (χ1n) is 12.0. The predicted molar refractivity (Wildman–Crippen MR) is 129 cm³/mol. The Morgan fingerprint density at radius 1 is 1.06 bits per heavy atom. The Morgan fingerprint density at radius 2 is 1.69 bits per heavy atom. The van der Waals surface area contributed by atoms with E-state index in [0.29, 0.717) is 17.4 Å². The number of hydrogen-bond donors (Lipinski definition) is 1. The summed E-state index contributed by atoms with van der Waals surface area (Å²) in [7, 11) is 0. The maximum atomic E-state index is 13.2. The highest BCUT2D eigenvalue weighted by atomic mass is 35.5. The smallest absolute Gasteiger partial charge is 0.234 e. The highest BCUT2D eigenvalue weighted by Gasteiger charge is 2.51. The lowest BCUT2D eigenvalue weighted by Crippen LogP contribution is -2.47. The van der Waals surface area contributed by atoms with Gasteiger partial charge >= 0.3 is 0 Å². The minimum atomic E-state index is 0.102. The van der Waals surface area contributed by atoms with Crippen molar-refractivity contribution in [3.05, 3.63) is 47.9 Å². The van der Waals surface area contributed by atoms with Gasteiger partial charge in [0.15, 0.2) is 0 Å². The Balaban J connectivity index is 0.00000105. The number of nitrogens with zero attached hydrogens (tertiary/aromatic N) is 3. The minimum Gasteiger partial charge on any atom is -0.324 e. The van der Waals surface area contributed by atoms with Gasteiger partial charge in [0.05, 0.1) is 16.2 Å². The Hall–Kier alpha value is -2.40. The fourth-order valence-corrected chi connectivity index (χ4v) is 7.23. The van der Waals surface area contributed by atoms with Gasteiger partial charge in [0.2, 0.25) is 11.9 Å². The Morgan fingerprint density at radius 3 is 2.31 bits per heavy atom. The molecule has 0 radical (unpaired) electrons. The monoisotopic (exact) mass is 450 g/mol. The zero-order valence-electron chi connectivity index (χ0n) is 18.9. The number of rotatable bonds is 4. The second kappa shape index (κ2) is 8.51. The number of amides is 1. The van der Waals surface area contributed by atoms with Crippen LogP contribution >= 0.6 is 11.6 Å². The van der Waals surface area contributed by atoms with E-state index in [1.54, 1.807) is 18.5 Å². The lowest BCUT2D eigenvalue weighted by molar-refractivity contribution is -0.124. The average molecular weight is 451 g/mol. The van der Waals surface area contributed by atoms with Gasteiger partial charge in [-0.3, -0.25) is 9.36 Å². The molecule has 0 aliphatic heterocycles. The SMILES string of the molecule is CC.O=C(CC12CC3CC(CC(C3)C1)C2)Nc1cn(-c2ncccn2)c2cccc(Cl)c12. The van der Waals surface area contributed by atoms with Crippen LogP contribution in [-0.4, -0.2) is 20.4 Å². The number of nitrogens with one attached hydrogen (secondary N) is 1. The van der Waals surface area contributed by atoms with E-state index in [9.17, 15) is 4.79 Å². The predicted octanol–water partition coefficient (Wildman–Crippen LogP) is 6.65. The van der Waals surface area contributed by atoms with Crippen LogP contribution in [0, 0.1) is 23.2 Å². The van der Waals surface area contributed by atoms with Crippen molar-refractivity contribution in [1.29, 1.82) is 0 Å². The molecule has 6 heteroatoms. The number of halogens is 1. The first kappa shape index (κ1) is 21.4. The second-order valence-corrected chi connectivity index (χ2v) is 10.1. The van der Waals surface area contributed by atoms with Crippen LogP contribution in [0.25, 0.3) is 16.9 Å². The molecular formula is C26H31ClN4O. The Kier molecular flexibility index (Phi) is 5.70. The molecule has 0 spiro atoms. The van der Waals surface area contributed by atoms with Gasteiger partial charge in [-0.05, 0) is 79.9 Å². The van der Waals surface area contributed by atoms with Crippen molar-refractivity contribution in [2.24, 2.45) is 23.2 Å². The summed E-state index contributed by atoms with van der Waals surface area (Å²) in [5.74, 6) is 3.19. The first-order valence-corrected chi connectivity index (χ1v) is 12.3. The molecule has 0 unspecified atom stereocenters. The van der Waals surface area contributed by atoms with Crippen molar-refractivity contribution < 1.29 is 4.79 Å². The largest absolute Gasteiger partial charge is 0.324 e. The molecule has 3 aromatic rings. The molecule has 1 aromatic carbocycles. The fraction of sp³-hybridized carbons (Fsp3) is 0.500. The van der Waals surface area contributed by atoms with Crippen LogP contribution in [0.1, 0.15) is 58.8 Å². The molecule has 4 bridgehead atoms.